The number of sulfonamides is 1. The number of rotatable bonds is 6. The van der Waals surface area contributed by atoms with E-state index in [-0.39, 0.29) is 13.2 Å². The van der Waals surface area contributed by atoms with Crippen molar-refractivity contribution in [1.29, 1.82) is 0 Å². The maximum Gasteiger partial charge on any atom is 0.342 e. The van der Waals surface area contributed by atoms with Crippen LogP contribution in [0.4, 0.5) is 4.39 Å². The summed E-state index contributed by atoms with van der Waals surface area (Å²) in [5, 5.41) is 0. The van der Waals surface area contributed by atoms with Gasteiger partial charge in [-0.2, -0.15) is 8.42 Å². The van der Waals surface area contributed by atoms with Gasteiger partial charge in [-0.3, -0.25) is 0 Å². The van der Waals surface area contributed by atoms with Crippen molar-refractivity contribution in [1.82, 2.24) is 0 Å². The van der Waals surface area contributed by atoms with Crippen molar-refractivity contribution in [2.75, 3.05) is 20.3 Å². The van der Waals surface area contributed by atoms with Gasteiger partial charge in [0.05, 0.1) is 6.61 Å². The van der Waals surface area contributed by atoms with Crippen LogP contribution in [0.1, 0.15) is 10.4 Å². The molecule has 7 nitrogen and oxygen atoms in total. The highest BCUT2D eigenvalue weighted by Crippen LogP contribution is 2.21. The van der Waals surface area contributed by atoms with Gasteiger partial charge in [-0.25, -0.2) is 14.0 Å². The number of carbonyl (C=O) groups is 1. The van der Waals surface area contributed by atoms with E-state index in [0.717, 1.165) is 24.3 Å². The van der Waals surface area contributed by atoms with Gasteiger partial charge < -0.3 is 9.47 Å². The zero-order valence-corrected chi connectivity index (χ0v) is 11.1. The highest BCUT2D eigenvalue weighted by Gasteiger charge is 2.26. The Kier molecular flexibility index (Phi) is 5.51. The van der Waals surface area contributed by atoms with E-state index in [1.54, 1.807) is 0 Å². The van der Waals surface area contributed by atoms with Gasteiger partial charge in [0.25, 0.3) is 16.1 Å². The molecule has 0 fully saturated rings. The molecule has 0 aliphatic heterocycles. The molecular formula is C11H10FNO6S. The summed E-state index contributed by atoms with van der Waals surface area (Å²) in [7, 11) is -3.14. The lowest BCUT2D eigenvalue weighted by Gasteiger charge is -2.08. The second-order valence-electron chi connectivity index (χ2n) is 3.40. The molecule has 0 N–H and O–H groups in total. The number of nitrogens with zero attached hydrogens (tertiary/aromatic N) is 1. The highest BCUT2D eigenvalue weighted by atomic mass is 32.2. The third-order valence-corrected chi connectivity index (χ3v) is 3.35. The Balaban J connectivity index is 3.25. The maximum atomic E-state index is 13.6. The third kappa shape index (κ3) is 3.70. The van der Waals surface area contributed by atoms with Gasteiger partial charge in [-0.15, -0.1) is 0 Å². The van der Waals surface area contributed by atoms with Crippen LogP contribution in [0, 0.1) is 5.82 Å². The van der Waals surface area contributed by atoms with Gasteiger partial charge in [0.15, 0.2) is 0 Å². The number of halogens is 1. The quantitative estimate of drug-likeness (QED) is 0.331. The number of methoxy groups -OCH3 is 1. The Hall–Kier alpha value is -2.09. The number of ether oxygens (including phenoxy) is 2. The Morgan fingerprint density at radius 3 is 2.70 bits per heavy atom. The molecule has 0 bridgehead atoms. The normalized spacial score (nSPS) is 10.7. The van der Waals surface area contributed by atoms with Crippen LogP contribution in [0.5, 0.6) is 0 Å². The van der Waals surface area contributed by atoms with Crippen molar-refractivity contribution < 1.29 is 31.9 Å². The van der Waals surface area contributed by atoms with Crippen LogP contribution < -0.4 is 0 Å². The van der Waals surface area contributed by atoms with E-state index in [0.29, 0.717) is 0 Å². The van der Waals surface area contributed by atoms with Crippen LogP contribution in [-0.4, -0.2) is 40.8 Å². The van der Waals surface area contributed by atoms with Crippen molar-refractivity contribution >= 4 is 22.1 Å². The van der Waals surface area contributed by atoms with E-state index in [2.05, 4.69) is 13.9 Å². The summed E-state index contributed by atoms with van der Waals surface area (Å²) in [4.78, 5) is 21.0. The first-order chi connectivity index (χ1) is 9.44. The van der Waals surface area contributed by atoms with Crippen LogP contribution in [0.25, 0.3) is 0 Å². The van der Waals surface area contributed by atoms with E-state index in [1.165, 1.54) is 7.11 Å². The van der Waals surface area contributed by atoms with E-state index in [4.69, 9.17) is 0 Å². The summed E-state index contributed by atoms with van der Waals surface area (Å²) in [6, 6.07) is 2.89. The maximum absolute atomic E-state index is 13.6. The fourth-order valence-electron chi connectivity index (χ4n) is 1.31. The molecule has 0 saturated carbocycles. The lowest BCUT2D eigenvalue weighted by Crippen LogP contribution is -2.15. The fourth-order valence-corrected chi connectivity index (χ4v) is 2.19. The fraction of sp³-hybridized carbons (Fsp3) is 0.273. The minimum Gasteiger partial charge on any atom is -0.460 e. The van der Waals surface area contributed by atoms with E-state index >= 15 is 0 Å². The average molecular weight is 303 g/mol. The molecule has 0 unspecified atom stereocenters. The van der Waals surface area contributed by atoms with Crippen molar-refractivity contribution in [3.63, 3.8) is 0 Å². The summed E-state index contributed by atoms with van der Waals surface area (Å²) in [6.07, 6.45) is 0.837. The van der Waals surface area contributed by atoms with Gasteiger partial charge in [-0.05, 0) is 12.1 Å². The van der Waals surface area contributed by atoms with E-state index < -0.39 is 32.3 Å². The number of esters is 1. The van der Waals surface area contributed by atoms with Gasteiger partial charge >= 0.3 is 5.97 Å². The van der Waals surface area contributed by atoms with Crippen LogP contribution >= 0.6 is 0 Å². The minimum atomic E-state index is -4.51. The summed E-state index contributed by atoms with van der Waals surface area (Å²) >= 11 is 0. The molecule has 9 heteroatoms. The number of hydrogen-bond donors (Lipinski definition) is 0. The highest BCUT2D eigenvalue weighted by molar-refractivity contribution is 7.90. The second kappa shape index (κ2) is 6.90. The molecule has 0 amide bonds. The van der Waals surface area contributed by atoms with Gasteiger partial charge in [0, 0.05) is 7.11 Å². The molecule has 0 heterocycles. The Bertz CT molecular complexity index is 651. The monoisotopic (exact) mass is 303 g/mol. The topological polar surface area (TPSA) is 99.1 Å². The van der Waals surface area contributed by atoms with E-state index in [1.807, 2.05) is 0 Å². The molecule has 0 saturated heterocycles. The average Bonchev–Trinajstić information content (AvgIpc) is 2.38. The predicted molar refractivity (Wildman–Crippen MR) is 63.9 cm³/mol. The lowest BCUT2D eigenvalue weighted by atomic mass is 10.2. The van der Waals surface area contributed by atoms with E-state index in [9.17, 15) is 22.4 Å². The summed E-state index contributed by atoms with van der Waals surface area (Å²) in [5.41, 5.74) is -0.817. The predicted octanol–water partition coefficient (Wildman–Crippen LogP) is 0.653. The van der Waals surface area contributed by atoms with Crippen molar-refractivity contribution in [2.24, 2.45) is 4.40 Å². The molecule has 0 aliphatic rings. The van der Waals surface area contributed by atoms with Crippen LogP contribution in [0.15, 0.2) is 27.5 Å². The van der Waals surface area contributed by atoms with Crippen LogP contribution in [0.3, 0.4) is 0 Å². The first-order valence-electron chi connectivity index (χ1n) is 5.22. The Labute approximate surface area is 114 Å². The molecule has 1 rings (SSSR count). The number of carbonyl (C=O) groups excluding carboxylic acids is 2. The number of benzene rings is 1. The Morgan fingerprint density at radius 2 is 2.10 bits per heavy atom. The van der Waals surface area contributed by atoms with Crippen molar-refractivity contribution in [2.45, 2.75) is 4.90 Å². The number of hydrogen-bond acceptors (Lipinski definition) is 6. The lowest BCUT2D eigenvalue weighted by molar-refractivity contribution is 0.0378. The molecular weight excluding hydrogens is 293 g/mol. The molecule has 108 valence electrons. The summed E-state index contributed by atoms with van der Waals surface area (Å²) in [5.74, 6) is -2.30. The molecule has 0 aromatic heterocycles. The van der Waals surface area contributed by atoms with Gasteiger partial charge in [0.1, 0.15) is 22.9 Å². The summed E-state index contributed by atoms with van der Waals surface area (Å²) < 4.78 is 48.7. The molecule has 0 atom stereocenters. The largest absolute Gasteiger partial charge is 0.460 e. The first-order valence-corrected chi connectivity index (χ1v) is 6.66. The summed E-state index contributed by atoms with van der Waals surface area (Å²) in [6.45, 7) is -0.116. The zero-order valence-electron chi connectivity index (χ0n) is 10.3. The molecule has 0 radical (unpaired) electrons. The second-order valence-corrected chi connectivity index (χ2v) is 4.97. The smallest absolute Gasteiger partial charge is 0.342 e. The van der Waals surface area contributed by atoms with Crippen molar-refractivity contribution in [3.05, 3.63) is 29.6 Å². The number of isocyanates is 1. The van der Waals surface area contributed by atoms with Crippen molar-refractivity contribution in [3.8, 4) is 0 Å². The SMILES string of the molecule is COCCOC(=O)c1c(F)cccc1S(=O)(=O)N=C=O. The van der Waals surface area contributed by atoms with Gasteiger partial charge in [0.2, 0.25) is 0 Å². The molecule has 1 aromatic carbocycles. The third-order valence-electron chi connectivity index (χ3n) is 2.14. The molecule has 0 aliphatic carbocycles. The molecule has 1 aromatic rings. The molecule has 0 spiro atoms. The van der Waals surface area contributed by atoms with Crippen LogP contribution in [0.2, 0.25) is 0 Å². The van der Waals surface area contributed by atoms with Crippen LogP contribution in [-0.2, 0) is 24.3 Å². The molecule has 20 heavy (non-hydrogen) atoms. The van der Waals surface area contributed by atoms with Gasteiger partial charge in [-0.1, -0.05) is 10.5 Å². The first kappa shape index (κ1) is 16.0. The standard InChI is InChI=1S/C11H10FNO6S/c1-18-5-6-19-11(15)10-8(12)3-2-4-9(10)20(16,17)13-7-14/h2-4H,5-6H2,1H3. The Morgan fingerprint density at radius 1 is 1.40 bits per heavy atom. The zero-order chi connectivity index (χ0) is 15.2. The minimum absolute atomic E-state index is 0.0643.